The Bertz CT molecular complexity index is 813. The number of hydrogen-bond acceptors (Lipinski definition) is 3. The first-order chi connectivity index (χ1) is 11.7. The van der Waals surface area contributed by atoms with Crippen LogP contribution in [0.1, 0.15) is 54.5 Å². The molecule has 3 aliphatic rings. The summed E-state index contributed by atoms with van der Waals surface area (Å²) in [6.45, 7) is 0.864. The van der Waals surface area contributed by atoms with Crippen molar-refractivity contribution < 1.29 is 4.79 Å². The van der Waals surface area contributed by atoms with E-state index in [1.807, 2.05) is 29.2 Å². The monoisotopic (exact) mass is 342 g/mol. The molecule has 0 N–H and O–H groups in total. The Hall–Kier alpha value is -1.88. The number of amides is 1. The third kappa shape index (κ3) is 2.25. The van der Waals surface area contributed by atoms with Crippen molar-refractivity contribution in [2.24, 2.45) is 5.92 Å². The molecular weight excluding hydrogens is 324 g/mol. The van der Waals surface area contributed by atoms with Gasteiger partial charge in [0.15, 0.2) is 0 Å². The zero-order valence-electron chi connectivity index (χ0n) is 13.4. The molecule has 5 nitrogen and oxygen atoms in total. The maximum Gasteiger partial charge on any atom is 0.293 e. The maximum absolute atomic E-state index is 12.9. The molecule has 2 heterocycles. The lowest BCUT2D eigenvalue weighted by Crippen LogP contribution is -2.38. The molecule has 3 fully saturated rings. The first kappa shape index (κ1) is 14.5. The summed E-state index contributed by atoms with van der Waals surface area (Å²) in [4.78, 5) is 19.5. The van der Waals surface area contributed by atoms with Crippen molar-refractivity contribution in [2.75, 3.05) is 6.54 Å². The van der Waals surface area contributed by atoms with Gasteiger partial charge in [0.2, 0.25) is 5.82 Å². The summed E-state index contributed by atoms with van der Waals surface area (Å²) in [5, 5.41) is 5.19. The lowest BCUT2D eigenvalue weighted by atomic mass is 10.1. The van der Waals surface area contributed by atoms with Crippen LogP contribution in [-0.2, 0) is 0 Å². The third-order valence-corrected chi connectivity index (χ3v) is 5.84. The fourth-order valence-corrected chi connectivity index (χ4v) is 4.34. The second kappa shape index (κ2) is 5.31. The second-order valence-electron chi connectivity index (χ2n) is 7.22. The molecule has 6 heteroatoms. The van der Waals surface area contributed by atoms with Crippen molar-refractivity contribution in [1.29, 1.82) is 0 Å². The number of carbonyl (C=O) groups excluding carboxylic acids is 1. The van der Waals surface area contributed by atoms with Crippen LogP contribution in [0.3, 0.4) is 0 Å². The molecule has 2 aromatic rings. The van der Waals surface area contributed by atoms with Crippen LogP contribution in [0.4, 0.5) is 0 Å². The number of piperidine rings is 1. The van der Waals surface area contributed by atoms with E-state index in [9.17, 15) is 4.79 Å². The van der Waals surface area contributed by atoms with Gasteiger partial charge in [-0.3, -0.25) is 4.79 Å². The van der Waals surface area contributed by atoms with Gasteiger partial charge in [-0.2, -0.15) is 0 Å². The van der Waals surface area contributed by atoms with Gasteiger partial charge in [-0.25, -0.2) is 9.67 Å². The van der Waals surface area contributed by atoms with Crippen molar-refractivity contribution in [3.8, 4) is 5.69 Å². The summed E-state index contributed by atoms with van der Waals surface area (Å²) in [6, 6.07) is 7.98. The number of carbonyl (C=O) groups is 1. The standard InChI is InChI=1S/C18H19ClN4O/c19-14-3-1-2-4-15(14)23-17(12-6-7-12)20-16(21-23)18(24)22-10-11-5-8-13(22)9-11/h1-4,11-13H,5-10H2/t11-,13-/m0/s1. The van der Waals surface area contributed by atoms with E-state index in [-0.39, 0.29) is 5.91 Å². The number of rotatable bonds is 3. The topological polar surface area (TPSA) is 51.0 Å². The Labute approximate surface area is 145 Å². The second-order valence-corrected chi connectivity index (χ2v) is 7.63. The third-order valence-electron chi connectivity index (χ3n) is 5.52. The lowest BCUT2D eigenvalue weighted by Gasteiger charge is -2.25. The Morgan fingerprint density at radius 2 is 2.00 bits per heavy atom. The summed E-state index contributed by atoms with van der Waals surface area (Å²) in [7, 11) is 0. The number of nitrogens with zero attached hydrogens (tertiary/aromatic N) is 4. The molecule has 2 aliphatic carbocycles. The fourth-order valence-electron chi connectivity index (χ4n) is 4.12. The predicted octanol–water partition coefficient (Wildman–Crippen LogP) is 3.42. The van der Waals surface area contributed by atoms with E-state index in [4.69, 9.17) is 11.6 Å². The number of fused-ring (bicyclic) bond motifs is 2. The van der Waals surface area contributed by atoms with Crippen LogP contribution in [0.15, 0.2) is 24.3 Å². The molecule has 2 saturated carbocycles. The molecule has 1 aliphatic heterocycles. The van der Waals surface area contributed by atoms with Gasteiger partial charge in [0, 0.05) is 18.5 Å². The predicted molar refractivity (Wildman–Crippen MR) is 90.5 cm³/mol. The summed E-state index contributed by atoms with van der Waals surface area (Å²) >= 11 is 6.34. The van der Waals surface area contributed by atoms with Crippen LogP contribution in [0.25, 0.3) is 5.69 Å². The SMILES string of the molecule is O=C(c1nc(C2CC2)n(-c2ccccc2Cl)n1)N1C[C@H]2CC[C@H]1C2. The molecule has 1 amide bonds. The number of benzene rings is 1. The Balaban J connectivity index is 1.53. The minimum absolute atomic E-state index is 0.0186. The van der Waals surface area contributed by atoms with Crippen molar-refractivity contribution in [1.82, 2.24) is 19.7 Å². The van der Waals surface area contributed by atoms with Gasteiger partial charge in [0.1, 0.15) is 5.82 Å². The highest BCUT2D eigenvalue weighted by Gasteiger charge is 2.42. The average molecular weight is 343 g/mol. The van der Waals surface area contributed by atoms with Gasteiger partial charge in [-0.15, -0.1) is 5.10 Å². The highest BCUT2D eigenvalue weighted by atomic mass is 35.5. The molecule has 24 heavy (non-hydrogen) atoms. The van der Waals surface area contributed by atoms with E-state index >= 15 is 0 Å². The zero-order chi connectivity index (χ0) is 16.3. The molecule has 2 atom stereocenters. The molecule has 0 radical (unpaired) electrons. The zero-order valence-corrected chi connectivity index (χ0v) is 14.1. The van der Waals surface area contributed by atoms with E-state index in [1.54, 1.807) is 4.68 Å². The van der Waals surface area contributed by atoms with Crippen molar-refractivity contribution in [2.45, 2.75) is 44.1 Å². The highest BCUT2D eigenvalue weighted by molar-refractivity contribution is 6.32. The molecule has 1 aromatic carbocycles. The molecule has 5 rings (SSSR count). The number of likely N-dealkylation sites (tertiary alicyclic amines) is 1. The Kier molecular flexibility index (Phi) is 3.20. The fraction of sp³-hybridized carbons (Fsp3) is 0.500. The Morgan fingerprint density at radius 1 is 1.17 bits per heavy atom. The van der Waals surface area contributed by atoms with Gasteiger partial charge in [0.25, 0.3) is 5.91 Å². The number of hydrogen-bond donors (Lipinski definition) is 0. The highest BCUT2D eigenvalue weighted by Crippen LogP contribution is 2.41. The minimum Gasteiger partial charge on any atom is -0.333 e. The van der Waals surface area contributed by atoms with Crippen LogP contribution >= 0.6 is 11.6 Å². The first-order valence-corrected chi connectivity index (χ1v) is 9.11. The van der Waals surface area contributed by atoms with Crippen LogP contribution in [-0.4, -0.2) is 38.2 Å². The number of halogens is 1. The molecule has 2 bridgehead atoms. The smallest absolute Gasteiger partial charge is 0.293 e. The van der Waals surface area contributed by atoms with Crippen molar-refractivity contribution in [3.05, 3.63) is 40.9 Å². The number of aromatic nitrogens is 3. The van der Waals surface area contributed by atoms with Gasteiger partial charge in [-0.05, 0) is 50.2 Å². The molecule has 1 saturated heterocycles. The van der Waals surface area contributed by atoms with Crippen molar-refractivity contribution in [3.63, 3.8) is 0 Å². The van der Waals surface area contributed by atoms with Gasteiger partial charge < -0.3 is 4.90 Å². The molecule has 0 unspecified atom stereocenters. The van der Waals surface area contributed by atoms with Crippen LogP contribution in [0.5, 0.6) is 0 Å². The number of para-hydroxylation sites is 1. The van der Waals surface area contributed by atoms with Crippen LogP contribution < -0.4 is 0 Å². The van der Waals surface area contributed by atoms with E-state index in [1.165, 1.54) is 6.42 Å². The molecular formula is C18H19ClN4O. The normalized spacial score (nSPS) is 25.5. The molecule has 124 valence electrons. The van der Waals surface area contributed by atoms with E-state index < -0.39 is 0 Å². The van der Waals surface area contributed by atoms with E-state index in [2.05, 4.69) is 10.1 Å². The van der Waals surface area contributed by atoms with Gasteiger partial charge in [0.05, 0.1) is 10.7 Å². The van der Waals surface area contributed by atoms with E-state index in [0.29, 0.717) is 28.7 Å². The molecule has 1 aromatic heterocycles. The quantitative estimate of drug-likeness (QED) is 0.858. The van der Waals surface area contributed by atoms with Crippen LogP contribution in [0.2, 0.25) is 5.02 Å². The lowest BCUT2D eigenvalue weighted by molar-refractivity contribution is 0.0691. The first-order valence-electron chi connectivity index (χ1n) is 8.73. The van der Waals surface area contributed by atoms with Gasteiger partial charge >= 0.3 is 0 Å². The van der Waals surface area contributed by atoms with Crippen molar-refractivity contribution >= 4 is 17.5 Å². The minimum atomic E-state index is -0.0186. The average Bonchev–Trinajstić information content (AvgIpc) is 3.04. The largest absolute Gasteiger partial charge is 0.333 e. The van der Waals surface area contributed by atoms with Gasteiger partial charge in [-0.1, -0.05) is 23.7 Å². The summed E-state index contributed by atoms with van der Waals surface area (Å²) in [5.74, 6) is 2.24. The summed E-state index contributed by atoms with van der Waals surface area (Å²) < 4.78 is 1.78. The summed E-state index contributed by atoms with van der Waals surface area (Å²) in [6.07, 6.45) is 5.73. The van der Waals surface area contributed by atoms with Crippen LogP contribution in [0, 0.1) is 5.92 Å². The Morgan fingerprint density at radius 3 is 2.67 bits per heavy atom. The van der Waals surface area contributed by atoms with E-state index in [0.717, 1.165) is 43.7 Å². The molecule has 0 spiro atoms. The summed E-state index contributed by atoms with van der Waals surface area (Å²) in [5.41, 5.74) is 0.801. The maximum atomic E-state index is 12.9.